The van der Waals surface area contributed by atoms with Crippen LogP contribution in [0.5, 0.6) is 0 Å². The Bertz CT molecular complexity index is 9330. The van der Waals surface area contributed by atoms with Crippen LogP contribution < -0.4 is 0 Å². The summed E-state index contributed by atoms with van der Waals surface area (Å²) in [6.45, 7) is 0. The van der Waals surface area contributed by atoms with Gasteiger partial charge in [0.05, 0.1) is 71.7 Å². The lowest BCUT2D eigenvalue weighted by atomic mass is 9.88. The molecule has 0 atom stereocenters. The molecule has 0 unspecified atom stereocenters. The Balaban J connectivity index is 0.0000000955. The topological polar surface area (TPSA) is 23.1 Å². The molecule has 0 saturated heterocycles. The second-order valence-corrected chi connectivity index (χ2v) is 32.8. The molecule has 119 heavy (non-hydrogen) atoms. The number of aromatic nitrogens is 5. The first-order valence-electron chi connectivity index (χ1n) is 41.4. The Morgan fingerprint density at radius 2 is 0.412 bits per heavy atom. The van der Waals surface area contributed by atoms with Crippen molar-refractivity contribution in [2.45, 2.75) is 0 Å². The molecule has 8 aromatic heterocycles. The van der Waals surface area contributed by atoms with E-state index >= 15 is 0 Å². The van der Waals surface area contributed by atoms with Crippen LogP contribution in [-0.2, 0) is 0 Å². The van der Waals surface area contributed by atoms with Crippen molar-refractivity contribution in [3.05, 3.63) is 394 Å². The second kappa shape index (κ2) is 23.5. The summed E-state index contributed by atoms with van der Waals surface area (Å²) < 4.78 is 12.4. The first-order chi connectivity index (χ1) is 59.1. The summed E-state index contributed by atoms with van der Waals surface area (Å²) in [5.41, 5.74) is 26.5. The molecule has 5 heteroatoms. The normalized spacial score (nSPS) is 12.5. The average molecular weight is 1500 g/mol. The minimum absolute atomic E-state index is 1.18. The van der Waals surface area contributed by atoms with Crippen molar-refractivity contribution in [1.82, 2.24) is 22.3 Å². The molecular formula is C114H65N5. The van der Waals surface area contributed by atoms with E-state index in [1.165, 1.54) is 267 Å². The Morgan fingerprint density at radius 3 is 0.857 bits per heavy atom. The molecule has 5 nitrogen and oxygen atoms in total. The van der Waals surface area contributed by atoms with Crippen LogP contribution in [0.2, 0.25) is 0 Å². The van der Waals surface area contributed by atoms with Crippen molar-refractivity contribution in [2.24, 2.45) is 0 Å². The largest absolute Gasteiger partial charge is 0.309 e. The van der Waals surface area contributed by atoms with Crippen molar-refractivity contribution in [3.8, 4) is 44.8 Å². The molecule has 0 amide bonds. The predicted molar refractivity (Wildman–Crippen MR) is 507 cm³/mol. The molecule has 8 heterocycles. The molecule has 0 aliphatic carbocycles. The number of hydrogen-bond donors (Lipinski definition) is 0. The number of fused-ring (bicyclic) bond motifs is 27. The van der Waals surface area contributed by atoms with E-state index in [-0.39, 0.29) is 0 Å². The molecule has 30 aromatic rings. The molecule has 0 bridgehead atoms. The maximum absolute atomic E-state index is 2.52. The molecule has 0 radical (unpaired) electrons. The van der Waals surface area contributed by atoms with Crippen molar-refractivity contribution in [1.29, 1.82) is 0 Å². The van der Waals surface area contributed by atoms with Crippen molar-refractivity contribution in [3.63, 3.8) is 0 Å². The lowest BCUT2D eigenvalue weighted by molar-refractivity contribution is 1.18. The van der Waals surface area contributed by atoms with Gasteiger partial charge in [-0.25, -0.2) is 0 Å². The van der Waals surface area contributed by atoms with Crippen LogP contribution in [0.25, 0.3) is 267 Å². The van der Waals surface area contributed by atoms with Gasteiger partial charge in [0.2, 0.25) is 0 Å². The number of nitrogens with zero attached hydrogens (tertiary/aromatic N) is 5. The van der Waals surface area contributed by atoms with E-state index in [4.69, 9.17) is 0 Å². The highest BCUT2D eigenvalue weighted by Gasteiger charge is 2.29. The molecule has 0 aliphatic heterocycles. The number of para-hydroxylation sites is 3. The Morgan fingerprint density at radius 1 is 0.126 bits per heavy atom. The maximum Gasteiger partial charge on any atom is 0.0627 e. The highest BCUT2D eigenvalue weighted by Crippen LogP contribution is 2.54. The summed E-state index contributed by atoms with van der Waals surface area (Å²) in [6, 6.07) is 145. The second-order valence-electron chi connectivity index (χ2n) is 32.8. The number of rotatable bonds is 5. The number of benzene rings is 22. The van der Waals surface area contributed by atoms with Gasteiger partial charge in [-0.15, -0.1) is 0 Å². The van der Waals surface area contributed by atoms with Gasteiger partial charge in [-0.2, -0.15) is 0 Å². The molecule has 0 aliphatic rings. The zero-order valence-corrected chi connectivity index (χ0v) is 64.3. The van der Waals surface area contributed by atoms with Gasteiger partial charge in [-0.1, -0.05) is 291 Å². The summed E-state index contributed by atoms with van der Waals surface area (Å²) in [7, 11) is 0. The van der Waals surface area contributed by atoms with Crippen LogP contribution in [0.3, 0.4) is 0 Å². The maximum atomic E-state index is 2.52. The van der Waals surface area contributed by atoms with Gasteiger partial charge in [0.1, 0.15) is 0 Å². The Hall–Kier alpha value is -15.8. The highest BCUT2D eigenvalue weighted by atomic mass is 15.0. The van der Waals surface area contributed by atoms with Crippen LogP contribution in [0, 0.1) is 0 Å². The fourth-order valence-electron chi connectivity index (χ4n) is 22.3. The van der Waals surface area contributed by atoms with Crippen LogP contribution in [-0.4, -0.2) is 22.3 Å². The summed E-state index contributed by atoms with van der Waals surface area (Å²) >= 11 is 0. The lowest BCUT2D eigenvalue weighted by Crippen LogP contribution is -1.94. The van der Waals surface area contributed by atoms with Crippen molar-refractivity contribution >= 4 is 223 Å². The lowest BCUT2D eigenvalue weighted by Gasteiger charge is -2.14. The summed E-state index contributed by atoms with van der Waals surface area (Å²) in [5.74, 6) is 0. The third kappa shape index (κ3) is 8.36. The molecule has 30 rings (SSSR count). The van der Waals surface area contributed by atoms with E-state index in [1.54, 1.807) is 0 Å². The molecule has 546 valence electrons. The van der Waals surface area contributed by atoms with Crippen LogP contribution in [0.1, 0.15) is 0 Å². The molecule has 0 spiro atoms. The Labute approximate surface area is 679 Å². The summed E-state index contributed by atoms with van der Waals surface area (Å²) in [6.07, 6.45) is 0. The Kier molecular flexibility index (Phi) is 12.5. The van der Waals surface area contributed by atoms with Gasteiger partial charge in [-0.05, 0) is 196 Å². The highest BCUT2D eigenvalue weighted by molar-refractivity contribution is 6.43. The van der Waals surface area contributed by atoms with Crippen molar-refractivity contribution < 1.29 is 0 Å². The zero-order chi connectivity index (χ0) is 77.1. The third-order valence-corrected chi connectivity index (χ3v) is 27.0. The molecule has 0 saturated carbocycles. The van der Waals surface area contributed by atoms with E-state index in [1.807, 2.05) is 0 Å². The van der Waals surface area contributed by atoms with Gasteiger partial charge >= 0.3 is 0 Å². The van der Waals surface area contributed by atoms with E-state index in [0.717, 1.165) is 0 Å². The van der Waals surface area contributed by atoms with Gasteiger partial charge in [-0.3, -0.25) is 0 Å². The van der Waals surface area contributed by atoms with E-state index in [2.05, 4.69) is 417 Å². The fourth-order valence-corrected chi connectivity index (χ4v) is 22.3. The van der Waals surface area contributed by atoms with Crippen LogP contribution >= 0.6 is 0 Å². The van der Waals surface area contributed by atoms with Crippen LogP contribution in [0.15, 0.2) is 394 Å². The van der Waals surface area contributed by atoms with Gasteiger partial charge in [0.25, 0.3) is 0 Å². The summed E-state index contributed by atoms with van der Waals surface area (Å²) in [4.78, 5) is 0. The minimum atomic E-state index is 1.18. The van der Waals surface area contributed by atoms with Gasteiger partial charge in [0, 0.05) is 103 Å². The molecular weight excluding hydrogens is 1440 g/mol. The van der Waals surface area contributed by atoms with Crippen LogP contribution in [0.4, 0.5) is 0 Å². The SMILES string of the molecule is c1ccc(-c2cc3c4ccccc4n4c5cccc6c7ccccc7c2c(c65)c34)cc1.c1ccc(-c2ccc3c(c2)c2cc(-c4ccccc4)ccc2n3-c2ccc3c(c2)c2ccc4c5ccccc5c5cccc6c5c4c2n36)cc1.c1ccc2c(c1)c1cccc3c1c1c2ccc2c4cc(-n5c6ccccc6c6ccccc65)ccc4n3c21. The zero-order valence-electron chi connectivity index (χ0n) is 64.3. The summed E-state index contributed by atoms with van der Waals surface area (Å²) in [5, 5.41) is 37.4. The predicted octanol–water partition coefficient (Wildman–Crippen LogP) is 30.9. The average Bonchev–Trinajstić information content (AvgIpc) is 1.53. The van der Waals surface area contributed by atoms with E-state index in [9.17, 15) is 0 Å². The third-order valence-electron chi connectivity index (χ3n) is 27.0. The van der Waals surface area contributed by atoms with E-state index < -0.39 is 0 Å². The smallest absolute Gasteiger partial charge is 0.0627 e. The minimum Gasteiger partial charge on any atom is -0.309 e. The van der Waals surface area contributed by atoms with E-state index in [0.29, 0.717) is 0 Å². The number of hydrogen-bond acceptors (Lipinski definition) is 0. The standard InChI is InChI=1S/C48H28N2.C36H20N2.C30H17N/c1-3-10-29(11-4-1)31-18-23-42-39(26-31)40-27-32(30-12-5-2-6-13-30)19-24-43(40)49(42)33-20-25-44-41(28-33)38-22-21-37-35-15-8-7-14-34(35)36-16-9-17-45-46(36)47(37)48(38)50(44)45;1-2-9-23-22(8-1)26-12-7-15-33-34(26)35-27(23)17-18-28-29-20-21(16-19-32(29)38(33)36(28)35)37-30-13-5-3-10-24(30)25-11-4-6-14-31(25)37;1-2-9-18(10-3-1)23-17-24-20-12-6-7-15-25(20)31-26-16-8-14-22-19-11-4-5-13-21(19)27(23)29(28(22)26)30(24)31/h1-28H;1-20H;1-17H. The molecule has 0 fully saturated rings. The molecule has 22 aromatic carbocycles. The fraction of sp³-hybridized carbons (Fsp3) is 0. The quantitative estimate of drug-likeness (QED) is 0.153. The van der Waals surface area contributed by atoms with Gasteiger partial charge < -0.3 is 22.3 Å². The molecule has 0 N–H and O–H groups in total. The van der Waals surface area contributed by atoms with Crippen molar-refractivity contribution in [2.75, 3.05) is 0 Å². The first-order valence-corrected chi connectivity index (χ1v) is 41.4. The first kappa shape index (κ1) is 63.6. The monoisotopic (exact) mass is 1500 g/mol. The van der Waals surface area contributed by atoms with Gasteiger partial charge in [0.15, 0.2) is 0 Å².